The Morgan fingerprint density at radius 3 is 1.89 bits per heavy atom. The van der Waals surface area contributed by atoms with Gasteiger partial charge in [-0.3, -0.25) is 9.59 Å². The van der Waals surface area contributed by atoms with Gasteiger partial charge in [-0.15, -0.1) is 0 Å². The van der Waals surface area contributed by atoms with Gasteiger partial charge in [0.2, 0.25) is 6.10 Å². The third-order valence-corrected chi connectivity index (χ3v) is 5.66. The van der Waals surface area contributed by atoms with E-state index in [1.807, 2.05) is 27.7 Å². The van der Waals surface area contributed by atoms with Crippen LogP contribution < -0.4 is 0 Å². The summed E-state index contributed by atoms with van der Waals surface area (Å²) in [6.45, 7) is 18.3. The summed E-state index contributed by atoms with van der Waals surface area (Å²) in [4.78, 5) is 34.1. The molecule has 6 nitrogen and oxygen atoms in total. The van der Waals surface area contributed by atoms with Crippen LogP contribution in [0.3, 0.4) is 0 Å². The van der Waals surface area contributed by atoms with Crippen molar-refractivity contribution in [3.05, 3.63) is 0 Å². The van der Waals surface area contributed by atoms with Crippen molar-refractivity contribution in [3.8, 4) is 0 Å². The molecule has 1 aliphatic heterocycles. The maximum atomic E-state index is 11.6. The highest BCUT2D eigenvalue weighted by atomic mass is 28.3. The lowest BCUT2D eigenvalue weighted by atomic mass is 9.90. The Balaban J connectivity index is 0.000000503. The van der Waals surface area contributed by atoms with Crippen LogP contribution in [0.5, 0.6) is 0 Å². The van der Waals surface area contributed by atoms with E-state index < -0.39 is 25.6 Å². The Bertz CT molecular complexity index is 519. The molecule has 1 fully saturated rings. The predicted octanol–water partition coefficient (Wildman–Crippen LogP) is 4.12. The number of cyclic esters (lactones) is 1. The summed E-state index contributed by atoms with van der Waals surface area (Å²) in [5.41, 5.74) is -0.845. The van der Waals surface area contributed by atoms with Crippen LogP contribution >= 0.6 is 0 Å². The number of carbonyl (C=O) groups is 3. The second kappa shape index (κ2) is 10.2. The molecule has 1 rings (SSSR count). The van der Waals surface area contributed by atoms with Crippen LogP contribution in [0.1, 0.15) is 60.8 Å². The minimum atomic E-state index is -1.25. The number of esters is 3. The van der Waals surface area contributed by atoms with Crippen LogP contribution in [0, 0.1) is 10.8 Å². The molecular weight excluding hydrogens is 364 g/mol. The summed E-state index contributed by atoms with van der Waals surface area (Å²) in [5, 5.41) is 0. The molecule has 0 aromatic carbocycles. The first-order chi connectivity index (χ1) is 12.2. The molecule has 0 amide bonds. The van der Waals surface area contributed by atoms with Crippen LogP contribution in [0.2, 0.25) is 19.6 Å². The minimum Gasteiger partial charge on any atom is -0.469 e. The lowest BCUT2D eigenvalue weighted by Crippen LogP contribution is -2.34. The molecular formula is C20H38O6Si. The largest absolute Gasteiger partial charge is 0.469 e. The molecule has 7 heteroatoms. The van der Waals surface area contributed by atoms with Crippen molar-refractivity contribution in [3.63, 3.8) is 0 Å². The lowest BCUT2D eigenvalue weighted by molar-refractivity contribution is -0.167. The smallest absolute Gasteiger partial charge is 0.347 e. The fourth-order valence-corrected chi connectivity index (χ4v) is 2.20. The number of ether oxygens (including phenoxy) is 3. The molecule has 1 heterocycles. The molecule has 0 aromatic rings. The lowest BCUT2D eigenvalue weighted by Gasteiger charge is -2.23. The second-order valence-corrected chi connectivity index (χ2v) is 14.9. The van der Waals surface area contributed by atoms with Crippen molar-refractivity contribution in [1.29, 1.82) is 0 Å². The Morgan fingerprint density at radius 1 is 1.04 bits per heavy atom. The molecule has 0 N–H and O–H groups in total. The first kappa shape index (κ1) is 25.6. The average Bonchev–Trinajstić information content (AvgIpc) is 2.97. The van der Waals surface area contributed by atoms with Gasteiger partial charge >= 0.3 is 17.9 Å². The van der Waals surface area contributed by atoms with Crippen molar-refractivity contribution in [2.24, 2.45) is 10.8 Å². The standard InChI is InChI=1S/C10H16O4.C10H22O2Si/c1-4-10(2,3)9(12)14-7-5-6-13-8(7)11;1-7-10(2,3)9(11)12-8-13(4,5)6/h7H,4-6H2,1-3H3;7-8H2,1-6H3. The van der Waals surface area contributed by atoms with E-state index in [1.165, 1.54) is 0 Å². The second-order valence-electron chi connectivity index (χ2n) is 9.46. The number of hydrogen-bond acceptors (Lipinski definition) is 6. The van der Waals surface area contributed by atoms with E-state index in [-0.39, 0.29) is 17.4 Å². The molecule has 27 heavy (non-hydrogen) atoms. The highest BCUT2D eigenvalue weighted by molar-refractivity contribution is 6.76. The van der Waals surface area contributed by atoms with Gasteiger partial charge in [0.05, 0.1) is 31.7 Å². The van der Waals surface area contributed by atoms with Gasteiger partial charge in [-0.25, -0.2) is 4.79 Å². The summed E-state index contributed by atoms with van der Waals surface area (Å²) in [6.07, 6.45) is 1.94. The van der Waals surface area contributed by atoms with Crippen LogP contribution in [0.15, 0.2) is 0 Å². The highest BCUT2D eigenvalue weighted by Crippen LogP contribution is 2.24. The molecule has 1 saturated heterocycles. The molecule has 158 valence electrons. The fourth-order valence-electron chi connectivity index (χ4n) is 1.64. The maximum absolute atomic E-state index is 11.6. The first-order valence-electron chi connectivity index (χ1n) is 9.71. The van der Waals surface area contributed by atoms with Gasteiger partial charge < -0.3 is 14.2 Å². The minimum absolute atomic E-state index is 0.0579. The van der Waals surface area contributed by atoms with E-state index in [0.717, 1.165) is 6.42 Å². The molecule has 1 atom stereocenters. The zero-order valence-corrected chi connectivity index (χ0v) is 19.6. The quantitative estimate of drug-likeness (QED) is 0.362. The normalized spacial score (nSPS) is 17.5. The van der Waals surface area contributed by atoms with E-state index in [2.05, 4.69) is 19.6 Å². The third kappa shape index (κ3) is 9.40. The average molecular weight is 403 g/mol. The highest BCUT2D eigenvalue weighted by Gasteiger charge is 2.35. The van der Waals surface area contributed by atoms with Gasteiger partial charge in [-0.1, -0.05) is 33.5 Å². The first-order valence-corrected chi connectivity index (χ1v) is 13.4. The van der Waals surface area contributed by atoms with Gasteiger partial charge in [-0.05, 0) is 40.5 Å². The summed E-state index contributed by atoms with van der Waals surface area (Å²) in [5.74, 6) is -0.813. The summed E-state index contributed by atoms with van der Waals surface area (Å²) >= 11 is 0. The molecule has 0 aliphatic carbocycles. The topological polar surface area (TPSA) is 78.9 Å². The van der Waals surface area contributed by atoms with Gasteiger partial charge in [0.25, 0.3) is 0 Å². The number of hydrogen-bond donors (Lipinski definition) is 0. The number of rotatable bonds is 7. The molecule has 0 aromatic heterocycles. The van der Waals surface area contributed by atoms with Crippen LogP contribution in [-0.4, -0.2) is 44.9 Å². The maximum Gasteiger partial charge on any atom is 0.347 e. The van der Waals surface area contributed by atoms with Crippen LogP contribution in [-0.2, 0) is 28.6 Å². The van der Waals surface area contributed by atoms with E-state index in [4.69, 9.17) is 14.2 Å². The molecule has 0 saturated carbocycles. The molecule has 1 unspecified atom stereocenters. The molecule has 0 radical (unpaired) electrons. The predicted molar refractivity (Wildman–Crippen MR) is 108 cm³/mol. The van der Waals surface area contributed by atoms with Gasteiger partial charge in [-0.2, -0.15) is 0 Å². The summed E-state index contributed by atoms with van der Waals surface area (Å²) < 4.78 is 15.0. The van der Waals surface area contributed by atoms with Crippen molar-refractivity contribution in [2.45, 2.75) is 86.5 Å². The van der Waals surface area contributed by atoms with E-state index in [0.29, 0.717) is 25.7 Å². The molecule has 1 aliphatic rings. The van der Waals surface area contributed by atoms with Crippen molar-refractivity contribution < 1.29 is 28.6 Å². The van der Waals surface area contributed by atoms with E-state index >= 15 is 0 Å². The van der Waals surface area contributed by atoms with Gasteiger partial charge in [0.1, 0.15) is 0 Å². The fraction of sp³-hybridized carbons (Fsp3) is 0.850. The zero-order valence-electron chi connectivity index (χ0n) is 18.6. The van der Waals surface area contributed by atoms with Crippen LogP contribution in [0.4, 0.5) is 0 Å². The molecule has 0 spiro atoms. The molecule has 0 bridgehead atoms. The Morgan fingerprint density at radius 2 is 1.52 bits per heavy atom. The van der Waals surface area contributed by atoms with Crippen molar-refractivity contribution in [1.82, 2.24) is 0 Å². The van der Waals surface area contributed by atoms with E-state index in [1.54, 1.807) is 13.8 Å². The Kier molecular flexibility index (Phi) is 9.73. The number of carbonyl (C=O) groups excluding carboxylic acids is 3. The van der Waals surface area contributed by atoms with Crippen molar-refractivity contribution in [2.75, 3.05) is 12.8 Å². The third-order valence-electron chi connectivity index (χ3n) is 4.65. The monoisotopic (exact) mass is 402 g/mol. The van der Waals surface area contributed by atoms with Crippen LogP contribution in [0.25, 0.3) is 0 Å². The Hall–Kier alpha value is -1.37. The SMILES string of the molecule is CCC(C)(C)C(=O)OC1CCOC1=O.CCC(C)(C)C(=O)OC[Si](C)(C)C. The van der Waals surface area contributed by atoms with Crippen molar-refractivity contribution >= 4 is 26.0 Å². The van der Waals surface area contributed by atoms with Gasteiger partial charge in [0, 0.05) is 6.42 Å². The summed E-state index contributed by atoms with van der Waals surface area (Å²) in [7, 11) is -1.25. The van der Waals surface area contributed by atoms with Gasteiger partial charge in [0.15, 0.2) is 0 Å². The van der Waals surface area contributed by atoms with E-state index in [9.17, 15) is 14.4 Å². The zero-order chi connectivity index (χ0) is 21.5. The summed E-state index contributed by atoms with van der Waals surface area (Å²) in [6, 6.07) is 0. The Labute approximate surface area is 165 Å².